The van der Waals surface area contributed by atoms with Gasteiger partial charge in [0.2, 0.25) is 5.91 Å². The molecular formula is C28H40N4O4S. The molecule has 9 heteroatoms. The molecule has 0 radical (unpaired) electrons. The molecule has 37 heavy (non-hydrogen) atoms. The van der Waals surface area contributed by atoms with Gasteiger partial charge in [0.1, 0.15) is 13.2 Å². The number of nitrogens with one attached hydrogen (secondary N) is 1. The van der Waals surface area contributed by atoms with Gasteiger partial charge in [-0.1, -0.05) is 12.1 Å². The van der Waals surface area contributed by atoms with E-state index in [2.05, 4.69) is 21.7 Å². The van der Waals surface area contributed by atoms with Gasteiger partial charge in [-0.15, -0.1) is 11.3 Å². The lowest BCUT2D eigenvalue weighted by atomic mass is 10.0. The number of rotatable bonds is 9. The van der Waals surface area contributed by atoms with Crippen molar-refractivity contribution < 1.29 is 19.1 Å². The Balaban J connectivity index is 1.49. The highest BCUT2D eigenvalue weighted by Crippen LogP contribution is 2.35. The second-order valence-electron chi connectivity index (χ2n) is 10.8. The molecule has 0 aliphatic carbocycles. The lowest BCUT2D eigenvalue weighted by molar-refractivity contribution is -0.135. The highest BCUT2D eigenvalue weighted by molar-refractivity contribution is 7.10. The second-order valence-corrected chi connectivity index (χ2v) is 11.8. The summed E-state index contributed by atoms with van der Waals surface area (Å²) in [6, 6.07) is 9.21. The highest BCUT2D eigenvalue weighted by atomic mass is 32.1. The fraction of sp³-hybridized carbons (Fsp3) is 0.571. The lowest BCUT2D eigenvalue weighted by Crippen LogP contribution is -2.54. The number of methoxy groups -OCH3 is 1. The van der Waals surface area contributed by atoms with E-state index in [9.17, 15) is 9.59 Å². The highest BCUT2D eigenvalue weighted by Gasteiger charge is 2.34. The number of nitrogens with zero attached hydrogens (tertiary/aromatic N) is 3. The van der Waals surface area contributed by atoms with Crippen LogP contribution in [0.4, 0.5) is 4.79 Å². The largest absolute Gasteiger partial charge is 0.493 e. The van der Waals surface area contributed by atoms with Crippen molar-refractivity contribution in [1.82, 2.24) is 20.0 Å². The lowest BCUT2D eigenvalue weighted by Gasteiger charge is -2.37. The van der Waals surface area contributed by atoms with Crippen molar-refractivity contribution in [3.63, 3.8) is 0 Å². The van der Waals surface area contributed by atoms with Crippen LogP contribution < -0.4 is 14.8 Å². The number of hydrogen-bond donors (Lipinski definition) is 1. The SMILES string of the molecule is COc1ccccc1OCC1c2ccsc2CCN1C(=O)CN(CCN1CCCC1)C(=O)NC(C)(C)C. The van der Waals surface area contributed by atoms with E-state index >= 15 is 0 Å². The number of likely N-dealkylation sites (tertiary alicyclic amines) is 1. The second kappa shape index (κ2) is 12.2. The maximum Gasteiger partial charge on any atom is 0.318 e. The molecule has 0 spiro atoms. The average molecular weight is 529 g/mol. The Morgan fingerprint density at radius 2 is 1.84 bits per heavy atom. The predicted octanol–water partition coefficient (Wildman–Crippen LogP) is 4.17. The van der Waals surface area contributed by atoms with Gasteiger partial charge in [0, 0.05) is 30.1 Å². The number of benzene rings is 1. The third-order valence-corrected chi connectivity index (χ3v) is 7.86. The first kappa shape index (κ1) is 27.3. The van der Waals surface area contributed by atoms with E-state index in [1.54, 1.807) is 23.3 Å². The van der Waals surface area contributed by atoms with Gasteiger partial charge in [-0.05, 0) is 82.3 Å². The zero-order valence-electron chi connectivity index (χ0n) is 22.5. The first-order valence-corrected chi connectivity index (χ1v) is 14.0. The summed E-state index contributed by atoms with van der Waals surface area (Å²) in [6.45, 7) is 10.2. The molecule has 2 aromatic rings. The van der Waals surface area contributed by atoms with Crippen LogP contribution in [-0.4, -0.2) is 85.2 Å². The Morgan fingerprint density at radius 3 is 2.54 bits per heavy atom. The predicted molar refractivity (Wildman–Crippen MR) is 146 cm³/mol. The summed E-state index contributed by atoms with van der Waals surface area (Å²) in [5.41, 5.74) is 0.746. The molecule has 8 nitrogen and oxygen atoms in total. The molecule has 1 atom stereocenters. The van der Waals surface area contributed by atoms with Crippen LogP contribution in [0, 0.1) is 0 Å². The van der Waals surface area contributed by atoms with Crippen LogP contribution in [0.5, 0.6) is 11.5 Å². The van der Waals surface area contributed by atoms with Crippen LogP contribution in [0.15, 0.2) is 35.7 Å². The topological polar surface area (TPSA) is 74.4 Å². The summed E-state index contributed by atoms with van der Waals surface area (Å²) < 4.78 is 11.6. The maximum atomic E-state index is 13.8. The maximum absolute atomic E-state index is 13.8. The van der Waals surface area contributed by atoms with Gasteiger partial charge in [-0.2, -0.15) is 0 Å². The van der Waals surface area contributed by atoms with Gasteiger partial charge >= 0.3 is 6.03 Å². The van der Waals surface area contributed by atoms with E-state index in [1.807, 2.05) is 49.9 Å². The van der Waals surface area contributed by atoms with Gasteiger partial charge in [0.15, 0.2) is 11.5 Å². The van der Waals surface area contributed by atoms with Crippen LogP contribution >= 0.6 is 11.3 Å². The van der Waals surface area contributed by atoms with Crippen molar-refractivity contribution >= 4 is 23.3 Å². The molecule has 3 heterocycles. The summed E-state index contributed by atoms with van der Waals surface area (Å²) in [4.78, 5) is 34.2. The quantitative estimate of drug-likeness (QED) is 0.529. The third-order valence-electron chi connectivity index (χ3n) is 6.86. The Hall–Kier alpha value is -2.78. The standard InChI is InChI=1S/C28H40N4O4S/c1-28(2,3)29-27(34)31(17-16-30-13-7-8-14-30)19-26(33)32-15-11-25-21(12-18-37-25)22(32)20-36-24-10-6-5-9-23(24)35-4/h5-6,9-10,12,18,22H,7-8,11,13-17,19-20H2,1-4H3,(H,29,34). The van der Waals surface area contributed by atoms with Crippen LogP contribution in [-0.2, 0) is 11.2 Å². The van der Waals surface area contributed by atoms with E-state index < -0.39 is 0 Å². The summed E-state index contributed by atoms with van der Waals surface area (Å²) in [7, 11) is 1.62. The molecule has 4 rings (SSSR count). The zero-order valence-corrected chi connectivity index (χ0v) is 23.3. The Morgan fingerprint density at radius 1 is 1.11 bits per heavy atom. The number of hydrogen-bond acceptors (Lipinski definition) is 6. The number of urea groups is 1. The van der Waals surface area contributed by atoms with Gasteiger partial charge in [-0.25, -0.2) is 4.79 Å². The van der Waals surface area contributed by atoms with Crippen molar-refractivity contribution in [3.05, 3.63) is 46.2 Å². The van der Waals surface area contributed by atoms with Crippen molar-refractivity contribution in [2.24, 2.45) is 0 Å². The summed E-state index contributed by atoms with van der Waals surface area (Å²) in [5.74, 6) is 1.25. The minimum Gasteiger partial charge on any atom is -0.493 e. The van der Waals surface area contributed by atoms with Crippen LogP contribution in [0.3, 0.4) is 0 Å². The van der Waals surface area contributed by atoms with E-state index in [-0.39, 0.29) is 30.1 Å². The molecular weight excluding hydrogens is 488 g/mol. The number of amides is 3. The molecule has 1 aromatic carbocycles. The molecule has 1 unspecified atom stereocenters. The molecule has 0 bridgehead atoms. The Bertz CT molecular complexity index is 1060. The fourth-order valence-electron chi connectivity index (χ4n) is 4.96. The number of carbonyl (C=O) groups excluding carboxylic acids is 2. The fourth-order valence-corrected chi connectivity index (χ4v) is 5.88. The molecule has 1 saturated heterocycles. The van der Waals surface area contributed by atoms with Crippen LogP contribution in [0.2, 0.25) is 0 Å². The molecule has 1 N–H and O–H groups in total. The van der Waals surface area contributed by atoms with E-state index in [4.69, 9.17) is 9.47 Å². The first-order chi connectivity index (χ1) is 17.7. The third kappa shape index (κ3) is 7.17. The number of thiophene rings is 1. The van der Waals surface area contributed by atoms with Gasteiger partial charge in [0.25, 0.3) is 0 Å². The molecule has 1 aromatic heterocycles. The van der Waals surface area contributed by atoms with E-state index in [0.717, 1.165) is 31.6 Å². The van der Waals surface area contributed by atoms with Gasteiger partial charge in [0.05, 0.1) is 13.2 Å². The first-order valence-electron chi connectivity index (χ1n) is 13.2. The molecule has 2 aliphatic heterocycles. The number of para-hydroxylation sites is 2. The van der Waals surface area contributed by atoms with Crippen molar-refractivity contribution in [2.75, 3.05) is 53.0 Å². The number of ether oxygens (including phenoxy) is 2. The van der Waals surface area contributed by atoms with E-state index in [0.29, 0.717) is 31.2 Å². The molecule has 3 amide bonds. The molecule has 2 aliphatic rings. The molecule has 202 valence electrons. The van der Waals surface area contributed by atoms with Gasteiger partial charge in [-0.3, -0.25) is 4.79 Å². The van der Waals surface area contributed by atoms with Crippen LogP contribution in [0.1, 0.15) is 50.1 Å². The smallest absolute Gasteiger partial charge is 0.318 e. The Labute approximate surface area is 224 Å². The summed E-state index contributed by atoms with van der Waals surface area (Å²) >= 11 is 1.72. The van der Waals surface area contributed by atoms with Crippen molar-refractivity contribution in [2.45, 2.75) is 51.6 Å². The summed E-state index contributed by atoms with van der Waals surface area (Å²) in [5, 5.41) is 5.12. The van der Waals surface area contributed by atoms with Crippen molar-refractivity contribution in [1.29, 1.82) is 0 Å². The van der Waals surface area contributed by atoms with Crippen LogP contribution in [0.25, 0.3) is 0 Å². The van der Waals surface area contributed by atoms with Gasteiger partial charge < -0.3 is 29.5 Å². The molecule has 0 saturated carbocycles. The zero-order chi connectivity index (χ0) is 26.4. The van der Waals surface area contributed by atoms with Crippen molar-refractivity contribution in [3.8, 4) is 11.5 Å². The molecule has 1 fully saturated rings. The minimum atomic E-state index is -0.381. The summed E-state index contributed by atoms with van der Waals surface area (Å²) in [6.07, 6.45) is 3.20. The van der Waals surface area contributed by atoms with E-state index in [1.165, 1.54) is 17.7 Å². The average Bonchev–Trinajstić information content (AvgIpc) is 3.56. The minimum absolute atomic E-state index is 0.0420. The number of fused-ring (bicyclic) bond motifs is 1. The number of carbonyl (C=O) groups is 2. The Kier molecular flexibility index (Phi) is 8.97. The normalized spacial score (nSPS) is 17.8. The monoisotopic (exact) mass is 528 g/mol.